The quantitative estimate of drug-likeness (QED) is 0.379. The van der Waals surface area contributed by atoms with Crippen LogP contribution in [0.25, 0.3) is 33.4 Å². The average molecular weight is 542 g/mol. The molecule has 0 aliphatic carbocycles. The summed E-state index contributed by atoms with van der Waals surface area (Å²) < 4.78 is 25.3. The van der Waals surface area contributed by atoms with Crippen molar-refractivity contribution < 1.29 is 13.7 Å². The first-order valence-corrected chi connectivity index (χ1v) is 14.8. The molecule has 1 atom stereocenters. The van der Waals surface area contributed by atoms with E-state index in [1.54, 1.807) is 12.5 Å². The average Bonchev–Trinajstić information content (AvgIpc) is 3.43. The highest BCUT2D eigenvalue weighted by molar-refractivity contribution is 7.81. The van der Waals surface area contributed by atoms with Crippen molar-refractivity contribution in [1.29, 1.82) is 5.26 Å². The summed E-state index contributed by atoms with van der Waals surface area (Å²) in [6.07, 6.45) is 5.29. The molecular formula is C30H31N5O3S. The molecule has 1 unspecified atom stereocenters. The smallest absolute Gasteiger partial charge is 0.138 e. The van der Waals surface area contributed by atoms with E-state index in [0.717, 1.165) is 72.4 Å². The molecule has 0 radical (unpaired) electrons. The van der Waals surface area contributed by atoms with Crippen molar-refractivity contribution in [3.05, 3.63) is 66.4 Å². The molecule has 2 aromatic carbocycles. The Bertz CT molecular complexity index is 1530. The van der Waals surface area contributed by atoms with Crippen molar-refractivity contribution in [3.8, 4) is 34.2 Å². The summed E-state index contributed by atoms with van der Waals surface area (Å²) in [5.74, 6) is 0.623. The van der Waals surface area contributed by atoms with Crippen LogP contribution in [-0.2, 0) is 15.7 Å². The number of hydrogen-bond acceptors (Lipinski definition) is 6. The van der Waals surface area contributed by atoms with Crippen molar-refractivity contribution in [1.82, 2.24) is 14.3 Å². The lowest BCUT2D eigenvalue weighted by Gasteiger charge is -2.34. The number of anilines is 1. The number of nitriles is 1. The van der Waals surface area contributed by atoms with E-state index in [1.165, 1.54) is 5.69 Å². The molecule has 0 saturated carbocycles. The molecule has 2 aliphatic rings. The molecule has 2 fully saturated rings. The molecule has 4 heterocycles. The summed E-state index contributed by atoms with van der Waals surface area (Å²) in [6.45, 7) is 4.72. The standard InChI is InChI=1S/C30H31N5O3S/c1-39(36)35-14-12-34(13-15-35)24-5-2-21(3-6-24)28-19-27-26(8-11-32-30(27)33-28)22-4-7-29(23(18-22)20-31)38-25-9-16-37-17-10-25/h2-8,11,18-19,25H,9-10,12-17H2,1H3,(H,32,33). The lowest BCUT2D eigenvalue weighted by atomic mass is 10.0. The van der Waals surface area contributed by atoms with Crippen molar-refractivity contribution in [2.45, 2.75) is 18.9 Å². The number of fused-ring (bicyclic) bond motifs is 1. The minimum atomic E-state index is -0.911. The number of nitrogens with zero attached hydrogens (tertiary/aromatic N) is 4. The molecule has 1 N–H and O–H groups in total. The zero-order chi connectivity index (χ0) is 26.8. The molecule has 8 nitrogen and oxygen atoms in total. The molecule has 0 amide bonds. The van der Waals surface area contributed by atoms with Gasteiger partial charge in [0.1, 0.15) is 23.6 Å². The van der Waals surface area contributed by atoms with Crippen LogP contribution in [0.3, 0.4) is 0 Å². The van der Waals surface area contributed by atoms with Crippen LogP contribution in [-0.4, -0.2) is 70.2 Å². The summed E-state index contributed by atoms with van der Waals surface area (Å²) in [7, 11) is -0.911. The maximum absolute atomic E-state index is 11.7. The Labute approximate surface area is 230 Å². The summed E-state index contributed by atoms with van der Waals surface area (Å²) in [4.78, 5) is 10.4. The number of aromatic amines is 1. The molecule has 39 heavy (non-hydrogen) atoms. The Kier molecular flexibility index (Phi) is 7.33. The Balaban J connectivity index is 1.24. The van der Waals surface area contributed by atoms with Crippen LogP contribution in [0.15, 0.2) is 60.8 Å². The van der Waals surface area contributed by atoms with Crippen LogP contribution in [0, 0.1) is 11.3 Å². The summed E-state index contributed by atoms with van der Waals surface area (Å²) >= 11 is 0. The van der Waals surface area contributed by atoms with E-state index in [2.05, 4.69) is 51.3 Å². The Morgan fingerprint density at radius 2 is 1.77 bits per heavy atom. The van der Waals surface area contributed by atoms with Gasteiger partial charge in [0.05, 0.1) is 29.8 Å². The van der Waals surface area contributed by atoms with Gasteiger partial charge in [0.25, 0.3) is 0 Å². The monoisotopic (exact) mass is 541 g/mol. The molecule has 9 heteroatoms. The first-order valence-electron chi connectivity index (χ1n) is 13.3. The molecule has 2 aliphatic heterocycles. The fourth-order valence-corrected chi connectivity index (χ4v) is 6.03. The summed E-state index contributed by atoms with van der Waals surface area (Å²) in [5, 5.41) is 10.8. The number of ether oxygens (including phenoxy) is 2. The second-order valence-electron chi connectivity index (χ2n) is 9.94. The molecular weight excluding hydrogens is 510 g/mol. The van der Waals surface area contributed by atoms with Crippen LogP contribution >= 0.6 is 0 Å². The molecule has 0 spiro atoms. The number of aromatic nitrogens is 2. The van der Waals surface area contributed by atoms with Gasteiger partial charge in [-0.15, -0.1) is 0 Å². The van der Waals surface area contributed by atoms with Crippen molar-refractivity contribution in [2.75, 3.05) is 50.5 Å². The van der Waals surface area contributed by atoms with Gasteiger partial charge in [-0.1, -0.05) is 18.2 Å². The van der Waals surface area contributed by atoms with Gasteiger partial charge in [0, 0.05) is 68.2 Å². The third kappa shape index (κ3) is 5.41. The second kappa shape index (κ2) is 11.2. The molecule has 0 bridgehead atoms. The first kappa shape index (κ1) is 25.6. The zero-order valence-electron chi connectivity index (χ0n) is 21.9. The number of piperazine rings is 1. The van der Waals surface area contributed by atoms with Crippen LogP contribution in [0.1, 0.15) is 18.4 Å². The SMILES string of the molecule is CS(=O)N1CCN(c2ccc(-c3cc4c(-c5ccc(OC6CCOCC6)c(C#N)c5)ccnc4[nH]3)cc2)CC1. The fraction of sp³-hybridized carbons (Fsp3) is 0.333. The molecule has 4 aromatic rings. The van der Waals surface area contributed by atoms with E-state index >= 15 is 0 Å². The summed E-state index contributed by atoms with van der Waals surface area (Å²) in [6, 6.07) is 20.8. The number of rotatable bonds is 6. The van der Waals surface area contributed by atoms with Crippen molar-refractivity contribution in [3.63, 3.8) is 0 Å². The van der Waals surface area contributed by atoms with Gasteiger partial charge in [-0.2, -0.15) is 5.26 Å². The predicted octanol–water partition coefficient (Wildman–Crippen LogP) is 4.74. The highest BCUT2D eigenvalue weighted by atomic mass is 32.2. The third-order valence-corrected chi connectivity index (χ3v) is 8.64. The normalized spacial score (nSPS) is 17.7. The van der Waals surface area contributed by atoms with Crippen LogP contribution in [0.4, 0.5) is 5.69 Å². The van der Waals surface area contributed by atoms with Crippen molar-refractivity contribution in [2.24, 2.45) is 0 Å². The number of pyridine rings is 1. The van der Waals surface area contributed by atoms with E-state index in [9.17, 15) is 9.47 Å². The largest absolute Gasteiger partial charge is 0.489 e. The van der Waals surface area contributed by atoms with Gasteiger partial charge < -0.3 is 19.4 Å². The van der Waals surface area contributed by atoms with Crippen LogP contribution < -0.4 is 9.64 Å². The van der Waals surface area contributed by atoms with Gasteiger partial charge in [0.15, 0.2) is 0 Å². The Morgan fingerprint density at radius 3 is 2.49 bits per heavy atom. The van der Waals surface area contributed by atoms with Crippen LogP contribution in [0.5, 0.6) is 5.75 Å². The van der Waals surface area contributed by atoms with Crippen LogP contribution in [0.2, 0.25) is 0 Å². The van der Waals surface area contributed by atoms with Crippen molar-refractivity contribution >= 4 is 27.7 Å². The molecule has 200 valence electrons. The van der Waals surface area contributed by atoms with E-state index in [0.29, 0.717) is 24.5 Å². The number of benzene rings is 2. The Hall–Kier alpha value is -3.71. The van der Waals surface area contributed by atoms with Gasteiger partial charge in [0.2, 0.25) is 0 Å². The van der Waals surface area contributed by atoms with Gasteiger partial charge in [-0.3, -0.25) is 0 Å². The molecule has 6 rings (SSSR count). The number of hydrogen-bond donors (Lipinski definition) is 1. The topological polar surface area (TPSA) is 94.5 Å². The summed E-state index contributed by atoms with van der Waals surface area (Å²) in [5.41, 5.74) is 6.53. The highest BCUT2D eigenvalue weighted by Gasteiger charge is 2.20. The zero-order valence-corrected chi connectivity index (χ0v) is 22.7. The third-order valence-electron chi connectivity index (χ3n) is 7.55. The van der Waals surface area contributed by atoms with Gasteiger partial charge in [-0.25, -0.2) is 13.5 Å². The first-order chi connectivity index (χ1) is 19.1. The number of nitrogens with one attached hydrogen (secondary N) is 1. The van der Waals surface area contributed by atoms with Gasteiger partial charge in [-0.05, 0) is 53.1 Å². The minimum absolute atomic E-state index is 0.0782. The van der Waals surface area contributed by atoms with E-state index in [1.807, 2.05) is 28.6 Å². The maximum atomic E-state index is 11.7. The minimum Gasteiger partial charge on any atom is -0.489 e. The van der Waals surface area contributed by atoms with E-state index in [-0.39, 0.29) is 6.10 Å². The van der Waals surface area contributed by atoms with E-state index in [4.69, 9.17) is 9.47 Å². The maximum Gasteiger partial charge on any atom is 0.138 e. The molecule has 2 aromatic heterocycles. The van der Waals surface area contributed by atoms with E-state index < -0.39 is 11.0 Å². The number of H-pyrrole nitrogens is 1. The predicted molar refractivity (Wildman–Crippen MR) is 154 cm³/mol. The highest BCUT2D eigenvalue weighted by Crippen LogP contribution is 2.34. The lowest BCUT2D eigenvalue weighted by molar-refractivity contribution is 0.0254. The fourth-order valence-electron chi connectivity index (χ4n) is 5.35. The molecule has 2 saturated heterocycles. The van der Waals surface area contributed by atoms with Gasteiger partial charge >= 0.3 is 0 Å². The second-order valence-corrected chi connectivity index (χ2v) is 11.3. The Morgan fingerprint density at radius 1 is 1.03 bits per heavy atom. The lowest BCUT2D eigenvalue weighted by Crippen LogP contribution is -2.46.